The van der Waals surface area contributed by atoms with Gasteiger partial charge in [-0.05, 0) is 168 Å². The molecule has 0 unspecified atom stereocenters. The number of rotatable bonds is 19. The first-order chi connectivity index (χ1) is 43.0. The van der Waals surface area contributed by atoms with Crippen molar-refractivity contribution in [2.75, 3.05) is 67.0 Å². The van der Waals surface area contributed by atoms with Crippen LogP contribution < -0.4 is 37.0 Å². The van der Waals surface area contributed by atoms with Crippen molar-refractivity contribution in [1.29, 1.82) is 0 Å². The van der Waals surface area contributed by atoms with E-state index in [1.54, 1.807) is 73.3 Å². The zero-order valence-corrected chi connectivity index (χ0v) is 55.4. The molecule has 8 N–H and O–H groups in total. The van der Waals surface area contributed by atoms with Gasteiger partial charge in [0.05, 0.1) is 22.9 Å². The van der Waals surface area contributed by atoms with E-state index in [-0.39, 0.29) is 34.8 Å². The third-order valence-corrected chi connectivity index (χ3v) is 14.5. The highest BCUT2D eigenvalue weighted by Crippen LogP contribution is 2.19. The number of pyridine rings is 2. The van der Waals surface area contributed by atoms with Crippen molar-refractivity contribution in [2.45, 2.75) is 55.6 Å². The molecule has 91 heavy (non-hydrogen) atoms. The smallest absolute Gasteiger partial charge is 0.319 e. The molecule has 2 aromatic heterocycles. The molecule has 0 saturated carbocycles. The Kier molecular flexibility index (Phi) is 36.8. The van der Waals surface area contributed by atoms with Gasteiger partial charge in [0.25, 0.3) is 9.05 Å². The zero-order chi connectivity index (χ0) is 66.3. The lowest BCUT2D eigenvalue weighted by molar-refractivity contribution is 0.112. The lowest BCUT2D eigenvalue weighted by Crippen LogP contribution is -2.28. The van der Waals surface area contributed by atoms with Gasteiger partial charge in [0.15, 0.2) is 11.4 Å². The molecule has 4 amide bonds. The monoisotopic (exact) mass is 1310 g/mol. The fraction of sp³-hybridized carbons (Fsp3) is 0.227. The molecule has 8 rings (SSSR count). The van der Waals surface area contributed by atoms with E-state index in [0.29, 0.717) is 47.9 Å². The number of urea groups is 2. The second-order valence-electron chi connectivity index (χ2n) is 20.3. The first kappa shape index (κ1) is 78.1. The number of benzene rings is 6. The van der Waals surface area contributed by atoms with E-state index < -0.39 is 25.1 Å². The van der Waals surface area contributed by atoms with Crippen molar-refractivity contribution >= 4 is 83.3 Å². The lowest BCUT2D eigenvalue weighted by atomic mass is 10.1. The molecule has 0 aliphatic heterocycles. The Morgan fingerprint density at radius 2 is 0.813 bits per heavy atom. The van der Waals surface area contributed by atoms with E-state index in [2.05, 4.69) is 104 Å². The van der Waals surface area contributed by atoms with Crippen LogP contribution >= 0.6 is 23.1 Å². The molecular formula is C66H80Cl2N14O7S2. The predicted octanol–water partition coefficient (Wildman–Crippen LogP) is 11.1. The van der Waals surface area contributed by atoms with Gasteiger partial charge in [-0.2, -0.15) is 0 Å². The summed E-state index contributed by atoms with van der Waals surface area (Å²) in [5.74, 6) is 0. The Hall–Kier alpha value is -8.95. The number of amides is 4. The summed E-state index contributed by atoms with van der Waals surface area (Å²) >= 11 is 0. The number of hydrogen-bond donors (Lipinski definition) is 7. The summed E-state index contributed by atoms with van der Waals surface area (Å²) in [6, 6.07) is 48.4. The van der Waals surface area contributed by atoms with Crippen LogP contribution in [0, 0.1) is 13.1 Å². The summed E-state index contributed by atoms with van der Waals surface area (Å²) in [6.45, 7) is 17.7. The van der Waals surface area contributed by atoms with Gasteiger partial charge in [0.1, 0.15) is 6.29 Å². The molecule has 21 nitrogen and oxygen atoms in total. The standard InChI is InChI=1S/C23H27N5O3S.C13H12ClN3O3S.C10H12N2.C10H16N2.C8H5NO.C2H7N.ClH/c1-28(2)17-20-5-3-18(4-6-20)16-26-32(30,31)22-9-7-21(8-10-22)27-23(29)25-15-19-11-13-24-14-12-19;14-21(19,20)12-3-1-11(2-4-12)17-13(18)16-9-10-5-7-15-8-6-10;1-11-10-6-4-9(5-7-10)8-12(2)3;1-12(2)8-10-5-3-9(7-11)4-6-10;1-9-8-4-2-7(6-10)3-5-8;1-3-2;/h3-14,26H,15-17H2,1-2H3,(H2,25,27,29);1-8H,9H2,(H2,16,17,18);4-7H,8H2,2-3H3;3-6H,7-8,11H2,1-2H3;2-6H;3H,1-2H3;1H. The second-order valence-corrected chi connectivity index (χ2v) is 24.6. The Bertz CT molecular complexity index is 3700. The minimum absolute atomic E-state index is 0. The molecule has 0 saturated heterocycles. The molecule has 6 aromatic carbocycles. The molecule has 0 spiro atoms. The summed E-state index contributed by atoms with van der Waals surface area (Å²) < 4.78 is 50.0. The first-order valence-electron chi connectivity index (χ1n) is 27.8. The van der Waals surface area contributed by atoms with Crippen LogP contribution in [0.5, 0.6) is 0 Å². The maximum Gasteiger partial charge on any atom is 0.319 e. The number of carbonyl (C=O) groups is 3. The molecule has 25 heteroatoms. The number of hydrogen-bond acceptors (Lipinski definition) is 14. The molecule has 0 radical (unpaired) electrons. The topological polar surface area (TPSA) is 262 Å². The summed E-state index contributed by atoms with van der Waals surface area (Å²) in [6.07, 6.45) is 7.35. The van der Waals surface area contributed by atoms with Crippen LogP contribution in [0.2, 0.25) is 0 Å². The molecular weight excluding hydrogens is 1240 g/mol. The quantitative estimate of drug-likeness (QED) is 0.0226. The van der Waals surface area contributed by atoms with Crippen LogP contribution in [0.1, 0.15) is 49.3 Å². The van der Waals surface area contributed by atoms with Gasteiger partial charge >= 0.3 is 12.1 Å². The van der Waals surface area contributed by atoms with Crippen molar-refractivity contribution in [3.8, 4) is 0 Å². The average Bonchev–Trinajstić information content (AvgIpc) is 1.80. The Morgan fingerprint density at radius 3 is 1.14 bits per heavy atom. The molecule has 0 atom stereocenters. The van der Waals surface area contributed by atoms with Crippen molar-refractivity contribution < 1.29 is 31.2 Å². The number of nitrogens with zero attached hydrogens (tertiary/aromatic N) is 7. The van der Waals surface area contributed by atoms with Gasteiger partial charge in [-0.3, -0.25) is 14.8 Å². The number of halogens is 2. The SMILES string of the molecule is CN(C)Cc1ccc(CN)cc1.CN(C)Cc1ccc(CNS(=O)(=O)c2ccc(NC(=O)NCc3ccncc3)cc2)cc1.CNC.Cl.O=C(NCc1ccncc1)Nc1ccc(S(=O)(=O)Cl)cc1.[C-]#[N+]c1ccc(C=O)cc1.[C-]#[N+]c1ccc(CN(C)C)cc1. The second kappa shape index (κ2) is 42.9. The molecule has 0 fully saturated rings. The average molecular weight is 1320 g/mol. The van der Waals surface area contributed by atoms with Crippen LogP contribution in [0.4, 0.5) is 32.3 Å². The van der Waals surface area contributed by atoms with E-state index in [4.69, 9.17) is 29.6 Å². The highest BCUT2D eigenvalue weighted by molar-refractivity contribution is 8.13. The highest BCUT2D eigenvalue weighted by atomic mass is 35.7. The molecule has 8 aromatic rings. The largest absolute Gasteiger partial charge is 0.334 e. The van der Waals surface area contributed by atoms with E-state index in [0.717, 1.165) is 48.2 Å². The van der Waals surface area contributed by atoms with Crippen molar-refractivity contribution in [2.24, 2.45) is 5.73 Å². The molecule has 482 valence electrons. The summed E-state index contributed by atoms with van der Waals surface area (Å²) in [4.78, 5) is 54.6. The van der Waals surface area contributed by atoms with Gasteiger partial charge in [-0.25, -0.2) is 40.8 Å². The summed E-state index contributed by atoms with van der Waals surface area (Å²) in [5.41, 5.74) is 16.0. The van der Waals surface area contributed by atoms with Gasteiger partial charge in [0, 0.05) is 98.2 Å². The Balaban J connectivity index is 0.000000411. The van der Waals surface area contributed by atoms with Gasteiger partial charge in [0.2, 0.25) is 10.0 Å². The zero-order valence-electron chi connectivity index (χ0n) is 52.2. The summed E-state index contributed by atoms with van der Waals surface area (Å²) in [5, 5.41) is 13.4. The fourth-order valence-electron chi connectivity index (χ4n) is 7.34. The number of anilines is 2. The van der Waals surface area contributed by atoms with Gasteiger partial charge in [-0.1, -0.05) is 97.1 Å². The van der Waals surface area contributed by atoms with Gasteiger partial charge in [-0.15, -0.1) is 12.4 Å². The van der Waals surface area contributed by atoms with E-state index in [9.17, 15) is 31.2 Å². The van der Waals surface area contributed by atoms with E-state index >= 15 is 0 Å². The maximum absolute atomic E-state index is 12.6. The number of nitrogens with two attached hydrogens (primary N) is 1. The third-order valence-electron chi connectivity index (χ3n) is 11.7. The molecule has 2 heterocycles. The minimum Gasteiger partial charge on any atom is -0.334 e. The summed E-state index contributed by atoms with van der Waals surface area (Å²) in [7, 11) is 13.7. The fourth-order valence-corrected chi connectivity index (χ4v) is 9.13. The van der Waals surface area contributed by atoms with Crippen LogP contribution in [0.3, 0.4) is 0 Å². The van der Waals surface area contributed by atoms with Crippen LogP contribution in [0.15, 0.2) is 204 Å². The first-order valence-corrected chi connectivity index (χ1v) is 31.6. The number of carbonyl (C=O) groups excluding carboxylic acids is 3. The van der Waals surface area contributed by atoms with E-state index in [1.807, 2.05) is 103 Å². The van der Waals surface area contributed by atoms with Crippen molar-refractivity contribution in [1.82, 2.24) is 45.3 Å². The molecule has 0 bridgehead atoms. The van der Waals surface area contributed by atoms with Crippen molar-refractivity contribution in [3.63, 3.8) is 0 Å². The minimum atomic E-state index is -3.76. The van der Waals surface area contributed by atoms with Crippen LogP contribution in [0.25, 0.3) is 9.69 Å². The van der Waals surface area contributed by atoms with Crippen LogP contribution in [-0.2, 0) is 64.9 Å². The predicted molar refractivity (Wildman–Crippen MR) is 366 cm³/mol. The van der Waals surface area contributed by atoms with Gasteiger partial charge < -0.3 is 47.0 Å². The maximum atomic E-state index is 12.6. The normalized spacial score (nSPS) is 10.3. The third kappa shape index (κ3) is 33.4. The Morgan fingerprint density at radius 1 is 0.495 bits per heavy atom. The highest BCUT2D eigenvalue weighted by Gasteiger charge is 2.15. The number of aromatic nitrogens is 2. The number of nitrogens with one attached hydrogen (secondary N) is 6. The van der Waals surface area contributed by atoms with E-state index in [1.165, 1.54) is 53.1 Å². The number of aldehydes is 1. The number of sulfonamides is 1. The lowest BCUT2D eigenvalue weighted by Gasteiger charge is -2.11. The Labute approximate surface area is 547 Å². The van der Waals surface area contributed by atoms with Crippen LogP contribution in [-0.4, -0.2) is 116 Å². The molecule has 0 aliphatic carbocycles. The van der Waals surface area contributed by atoms with Crippen molar-refractivity contribution in [3.05, 3.63) is 262 Å². The molecule has 0 aliphatic rings.